The van der Waals surface area contributed by atoms with E-state index < -0.39 is 0 Å². The molecular formula is C12H22N2O2. The maximum atomic E-state index is 12.3. The first-order valence-corrected chi connectivity index (χ1v) is 6.33. The number of hydrogen-bond donors (Lipinski definition) is 1. The highest BCUT2D eigenvalue weighted by Crippen LogP contribution is 2.21. The number of amides is 1. The van der Waals surface area contributed by atoms with Gasteiger partial charge in [0.15, 0.2) is 0 Å². The molecule has 2 heterocycles. The van der Waals surface area contributed by atoms with Crippen LogP contribution in [0.4, 0.5) is 0 Å². The molecule has 0 radical (unpaired) electrons. The lowest BCUT2D eigenvalue weighted by Crippen LogP contribution is -2.48. The molecule has 4 nitrogen and oxygen atoms in total. The Morgan fingerprint density at radius 1 is 1.44 bits per heavy atom. The summed E-state index contributed by atoms with van der Waals surface area (Å²) >= 11 is 0. The second kappa shape index (κ2) is 5.64. The van der Waals surface area contributed by atoms with E-state index >= 15 is 0 Å². The van der Waals surface area contributed by atoms with Crippen LogP contribution in [-0.4, -0.2) is 50.2 Å². The molecule has 2 atom stereocenters. The zero-order valence-corrected chi connectivity index (χ0v) is 10.1. The van der Waals surface area contributed by atoms with Gasteiger partial charge in [-0.3, -0.25) is 4.79 Å². The third-order valence-electron chi connectivity index (χ3n) is 3.68. The van der Waals surface area contributed by atoms with Gasteiger partial charge in [-0.2, -0.15) is 0 Å². The van der Waals surface area contributed by atoms with Crippen LogP contribution in [-0.2, 0) is 9.53 Å². The van der Waals surface area contributed by atoms with Crippen molar-refractivity contribution in [3.8, 4) is 0 Å². The number of nitrogens with one attached hydrogen (secondary N) is 1. The fourth-order valence-corrected chi connectivity index (χ4v) is 2.76. The van der Waals surface area contributed by atoms with E-state index in [0.29, 0.717) is 18.6 Å². The molecule has 1 N–H and O–H groups in total. The summed E-state index contributed by atoms with van der Waals surface area (Å²) in [7, 11) is 1.72. The Hall–Kier alpha value is -0.610. The van der Waals surface area contributed by atoms with Crippen LogP contribution >= 0.6 is 0 Å². The maximum absolute atomic E-state index is 12.3. The third kappa shape index (κ3) is 2.55. The minimum absolute atomic E-state index is 0.206. The molecule has 2 aliphatic heterocycles. The van der Waals surface area contributed by atoms with E-state index in [4.69, 9.17) is 4.74 Å². The second-order valence-corrected chi connectivity index (χ2v) is 4.83. The highest BCUT2D eigenvalue weighted by molar-refractivity contribution is 5.79. The number of hydrogen-bond acceptors (Lipinski definition) is 3. The summed E-state index contributed by atoms with van der Waals surface area (Å²) in [5.74, 6) is 0.546. The first kappa shape index (κ1) is 11.9. The number of ether oxygens (including phenoxy) is 1. The van der Waals surface area contributed by atoms with E-state index in [1.54, 1.807) is 7.11 Å². The molecule has 92 valence electrons. The summed E-state index contributed by atoms with van der Waals surface area (Å²) in [4.78, 5) is 14.4. The normalized spacial score (nSPS) is 30.7. The average Bonchev–Trinajstić information content (AvgIpc) is 2.83. The highest BCUT2D eigenvalue weighted by atomic mass is 16.5. The Labute approximate surface area is 97.3 Å². The molecular weight excluding hydrogens is 204 g/mol. The molecule has 0 aromatic rings. The van der Waals surface area contributed by atoms with E-state index in [1.807, 2.05) is 0 Å². The lowest BCUT2D eigenvalue weighted by atomic mass is 9.99. The highest BCUT2D eigenvalue weighted by Gasteiger charge is 2.32. The van der Waals surface area contributed by atoms with Gasteiger partial charge in [0.1, 0.15) is 0 Å². The van der Waals surface area contributed by atoms with E-state index in [1.165, 1.54) is 6.42 Å². The summed E-state index contributed by atoms with van der Waals surface area (Å²) in [6.07, 6.45) is 4.46. The van der Waals surface area contributed by atoms with Gasteiger partial charge < -0.3 is 15.0 Å². The molecule has 0 aromatic heterocycles. The first-order chi connectivity index (χ1) is 7.83. The molecule has 16 heavy (non-hydrogen) atoms. The molecule has 2 fully saturated rings. The number of methoxy groups -OCH3 is 1. The Morgan fingerprint density at radius 3 is 3.00 bits per heavy atom. The van der Waals surface area contributed by atoms with Gasteiger partial charge in [-0.25, -0.2) is 0 Å². The van der Waals surface area contributed by atoms with Crippen molar-refractivity contribution in [2.45, 2.75) is 31.7 Å². The van der Waals surface area contributed by atoms with E-state index in [-0.39, 0.29) is 5.92 Å². The van der Waals surface area contributed by atoms with Gasteiger partial charge in [0.05, 0.1) is 18.6 Å². The van der Waals surface area contributed by atoms with Crippen LogP contribution in [0.3, 0.4) is 0 Å². The largest absolute Gasteiger partial charge is 0.383 e. The fourth-order valence-electron chi connectivity index (χ4n) is 2.76. The van der Waals surface area contributed by atoms with Crippen molar-refractivity contribution < 1.29 is 9.53 Å². The number of carbonyl (C=O) groups excluding carboxylic acids is 1. The average molecular weight is 226 g/mol. The van der Waals surface area contributed by atoms with Crippen LogP contribution < -0.4 is 5.32 Å². The van der Waals surface area contributed by atoms with Crippen LogP contribution in [0.15, 0.2) is 0 Å². The van der Waals surface area contributed by atoms with Gasteiger partial charge in [0.25, 0.3) is 0 Å². The lowest BCUT2D eigenvalue weighted by molar-refractivity contribution is -0.140. The van der Waals surface area contributed by atoms with Crippen molar-refractivity contribution in [1.29, 1.82) is 0 Å². The SMILES string of the molecule is COC[C@@H]1CCCCN1C(=O)[C@@H]1CCNC1. The van der Waals surface area contributed by atoms with Gasteiger partial charge in [0.2, 0.25) is 5.91 Å². The van der Waals surface area contributed by atoms with Gasteiger partial charge in [0, 0.05) is 20.2 Å². The van der Waals surface area contributed by atoms with Crippen LogP contribution in [0.25, 0.3) is 0 Å². The van der Waals surface area contributed by atoms with Crippen molar-refractivity contribution >= 4 is 5.91 Å². The first-order valence-electron chi connectivity index (χ1n) is 6.33. The van der Waals surface area contributed by atoms with E-state index in [2.05, 4.69) is 10.2 Å². The summed E-state index contributed by atoms with van der Waals surface area (Å²) in [6.45, 7) is 3.45. The molecule has 0 aliphatic carbocycles. The Balaban J connectivity index is 1.95. The molecule has 0 unspecified atom stereocenters. The Bertz CT molecular complexity index is 237. The fraction of sp³-hybridized carbons (Fsp3) is 0.917. The second-order valence-electron chi connectivity index (χ2n) is 4.83. The standard InChI is InChI=1S/C12H22N2O2/c1-16-9-11-4-2-3-7-14(11)12(15)10-5-6-13-8-10/h10-11,13H,2-9H2,1H3/t10-,11+/m1/s1. The van der Waals surface area contributed by atoms with Gasteiger partial charge in [-0.1, -0.05) is 0 Å². The molecule has 4 heteroatoms. The van der Waals surface area contributed by atoms with Gasteiger partial charge >= 0.3 is 0 Å². The summed E-state index contributed by atoms with van der Waals surface area (Å²) in [5, 5.41) is 3.26. The van der Waals surface area contributed by atoms with Crippen molar-refractivity contribution in [2.75, 3.05) is 33.4 Å². The summed E-state index contributed by atoms with van der Waals surface area (Å²) in [6, 6.07) is 0.312. The van der Waals surface area contributed by atoms with Crippen LogP contribution in [0.5, 0.6) is 0 Å². The summed E-state index contributed by atoms with van der Waals surface area (Å²) in [5.41, 5.74) is 0. The Morgan fingerprint density at radius 2 is 2.31 bits per heavy atom. The van der Waals surface area contributed by atoms with Crippen molar-refractivity contribution in [2.24, 2.45) is 5.92 Å². The molecule has 0 spiro atoms. The monoisotopic (exact) mass is 226 g/mol. The smallest absolute Gasteiger partial charge is 0.227 e. The topological polar surface area (TPSA) is 41.6 Å². The van der Waals surface area contributed by atoms with Crippen LogP contribution in [0.2, 0.25) is 0 Å². The number of carbonyl (C=O) groups is 1. The molecule has 2 rings (SSSR count). The lowest BCUT2D eigenvalue weighted by Gasteiger charge is -2.36. The molecule has 0 aromatic carbocycles. The molecule has 0 saturated carbocycles. The van der Waals surface area contributed by atoms with Crippen molar-refractivity contribution in [3.05, 3.63) is 0 Å². The van der Waals surface area contributed by atoms with Gasteiger partial charge in [-0.15, -0.1) is 0 Å². The Kier molecular flexibility index (Phi) is 4.18. The zero-order chi connectivity index (χ0) is 11.4. The number of rotatable bonds is 3. The summed E-state index contributed by atoms with van der Waals surface area (Å²) < 4.78 is 5.21. The molecule has 2 aliphatic rings. The zero-order valence-electron chi connectivity index (χ0n) is 10.1. The molecule has 2 saturated heterocycles. The van der Waals surface area contributed by atoms with Crippen molar-refractivity contribution in [1.82, 2.24) is 10.2 Å². The number of nitrogens with zero attached hydrogens (tertiary/aromatic N) is 1. The minimum atomic E-state index is 0.206. The van der Waals surface area contributed by atoms with E-state index in [9.17, 15) is 4.79 Å². The number of likely N-dealkylation sites (tertiary alicyclic amines) is 1. The molecule has 1 amide bonds. The van der Waals surface area contributed by atoms with Crippen molar-refractivity contribution in [3.63, 3.8) is 0 Å². The minimum Gasteiger partial charge on any atom is -0.383 e. The van der Waals surface area contributed by atoms with Gasteiger partial charge in [-0.05, 0) is 32.2 Å². The predicted molar refractivity (Wildman–Crippen MR) is 62.2 cm³/mol. The van der Waals surface area contributed by atoms with Crippen LogP contribution in [0.1, 0.15) is 25.7 Å². The van der Waals surface area contributed by atoms with E-state index in [0.717, 1.165) is 38.9 Å². The maximum Gasteiger partial charge on any atom is 0.227 e. The number of piperidine rings is 1. The quantitative estimate of drug-likeness (QED) is 0.767. The predicted octanol–water partition coefficient (Wildman–Crippen LogP) is 0.623. The van der Waals surface area contributed by atoms with Crippen LogP contribution in [0, 0.1) is 5.92 Å². The third-order valence-corrected chi connectivity index (χ3v) is 3.68. The molecule has 0 bridgehead atoms.